The van der Waals surface area contributed by atoms with Crippen LogP contribution in [0.3, 0.4) is 0 Å². The molecule has 0 amide bonds. The number of nitrogens with zero attached hydrogens (tertiary/aromatic N) is 3. The number of rotatable bonds is 8. The zero-order chi connectivity index (χ0) is 25.9. The SMILES string of the molecule is COc1cc(N2CCN3[C@@H](CCC[C@@H]3c3ccc(OCCCN4CC[C@@H](O)C4)c(C)c3C)C2)ccc1Cl. The third kappa shape index (κ3) is 5.88. The standard InChI is InChI=1S/C30H42ClN3O3/c1-21-22(2)29(37-17-5-13-32-14-12-25(35)20-32)11-9-26(21)28-7-4-6-24-19-33(15-16-34(24)28)23-8-10-27(31)30(18-23)36-3/h8-11,18,24-25,28,35H,4-7,12-17,19-20H2,1-3H3/t24-,25+,28+/m0/s1. The van der Waals surface area contributed by atoms with E-state index in [1.165, 1.54) is 41.6 Å². The van der Waals surface area contributed by atoms with Crippen LogP contribution >= 0.6 is 11.6 Å². The molecule has 5 rings (SSSR count). The van der Waals surface area contributed by atoms with E-state index < -0.39 is 0 Å². The number of anilines is 1. The summed E-state index contributed by atoms with van der Waals surface area (Å²) >= 11 is 6.27. The lowest BCUT2D eigenvalue weighted by Gasteiger charge is -2.49. The average molecular weight is 528 g/mol. The predicted molar refractivity (Wildman–Crippen MR) is 150 cm³/mol. The summed E-state index contributed by atoms with van der Waals surface area (Å²) in [5, 5.41) is 10.4. The molecule has 6 nitrogen and oxygen atoms in total. The molecule has 1 N–H and O–H groups in total. The van der Waals surface area contributed by atoms with Crippen molar-refractivity contribution < 1.29 is 14.6 Å². The number of benzene rings is 2. The van der Waals surface area contributed by atoms with Crippen LogP contribution < -0.4 is 14.4 Å². The minimum absolute atomic E-state index is 0.151. The summed E-state index contributed by atoms with van der Waals surface area (Å²) in [7, 11) is 1.68. The number of methoxy groups -OCH3 is 1. The van der Waals surface area contributed by atoms with Crippen molar-refractivity contribution in [3.05, 3.63) is 52.0 Å². The normalized spacial score (nSPS) is 24.8. The molecule has 202 valence electrons. The van der Waals surface area contributed by atoms with Crippen LogP contribution in [0.2, 0.25) is 5.02 Å². The molecular weight excluding hydrogens is 486 g/mol. The van der Waals surface area contributed by atoms with Crippen LogP contribution in [-0.4, -0.2) is 80.0 Å². The van der Waals surface area contributed by atoms with Crippen molar-refractivity contribution in [2.75, 3.05) is 57.9 Å². The lowest BCUT2D eigenvalue weighted by atomic mass is 9.86. The van der Waals surface area contributed by atoms with Crippen molar-refractivity contribution in [1.82, 2.24) is 9.80 Å². The van der Waals surface area contributed by atoms with E-state index in [1.807, 2.05) is 6.07 Å². The van der Waals surface area contributed by atoms with Crippen LogP contribution in [0.1, 0.15) is 54.8 Å². The van der Waals surface area contributed by atoms with Crippen molar-refractivity contribution in [2.24, 2.45) is 0 Å². The van der Waals surface area contributed by atoms with Crippen LogP contribution in [0.5, 0.6) is 11.5 Å². The lowest BCUT2D eigenvalue weighted by Crippen LogP contribution is -2.56. The first kappa shape index (κ1) is 26.6. The molecule has 3 saturated heterocycles. The summed E-state index contributed by atoms with van der Waals surface area (Å²) in [6.45, 7) is 11.1. The van der Waals surface area contributed by atoms with E-state index in [9.17, 15) is 5.11 Å². The minimum atomic E-state index is -0.151. The number of aliphatic hydroxyl groups excluding tert-OH is 1. The van der Waals surface area contributed by atoms with Crippen molar-refractivity contribution in [3.63, 3.8) is 0 Å². The van der Waals surface area contributed by atoms with Crippen LogP contribution in [0, 0.1) is 13.8 Å². The molecule has 2 aromatic carbocycles. The Bertz CT molecular complexity index is 1080. The van der Waals surface area contributed by atoms with Gasteiger partial charge in [-0.3, -0.25) is 4.90 Å². The van der Waals surface area contributed by atoms with E-state index in [1.54, 1.807) is 7.11 Å². The summed E-state index contributed by atoms with van der Waals surface area (Å²) in [5.74, 6) is 1.75. The molecule has 3 aliphatic rings. The second-order valence-electron chi connectivity index (χ2n) is 11.0. The monoisotopic (exact) mass is 527 g/mol. The quantitative estimate of drug-likeness (QED) is 0.475. The van der Waals surface area contributed by atoms with Crippen LogP contribution in [0.4, 0.5) is 5.69 Å². The molecule has 3 heterocycles. The number of fused-ring (bicyclic) bond motifs is 1. The van der Waals surface area contributed by atoms with Crippen LogP contribution in [0.15, 0.2) is 30.3 Å². The maximum atomic E-state index is 9.71. The molecular formula is C30H42ClN3O3. The average Bonchev–Trinajstić information content (AvgIpc) is 3.33. The number of aliphatic hydroxyl groups is 1. The zero-order valence-corrected chi connectivity index (χ0v) is 23.3. The number of likely N-dealkylation sites (tertiary alicyclic amines) is 1. The maximum absolute atomic E-state index is 9.71. The van der Waals surface area contributed by atoms with E-state index in [0.29, 0.717) is 17.1 Å². The fourth-order valence-electron chi connectivity index (χ4n) is 6.48. The van der Waals surface area contributed by atoms with Crippen molar-refractivity contribution in [1.29, 1.82) is 0 Å². The van der Waals surface area contributed by atoms with E-state index in [-0.39, 0.29) is 6.10 Å². The highest BCUT2D eigenvalue weighted by Crippen LogP contribution is 2.40. The Morgan fingerprint density at radius 3 is 2.62 bits per heavy atom. The number of ether oxygens (including phenoxy) is 2. The summed E-state index contributed by atoms with van der Waals surface area (Å²) in [4.78, 5) is 7.57. The second kappa shape index (κ2) is 11.8. The Hall–Kier alpha value is -1.99. The van der Waals surface area contributed by atoms with Gasteiger partial charge in [-0.05, 0) is 80.8 Å². The van der Waals surface area contributed by atoms with Gasteiger partial charge in [-0.15, -0.1) is 0 Å². The molecule has 0 aromatic heterocycles. The summed E-state index contributed by atoms with van der Waals surface area (Å²) < 4.78 is 11.7. The topological polar surface area (TPSA) is 48.4 Å². The highest BCUT2D eigenvalue weighted by atomic mass is 35.5. The molecule has 0 spiro atoms. The van der Waals surface area contributed by atoms with Gasteiger partial charge < -0.3 is 24.4 Å². The lowest BCUT2D eigenvalue weighted by molar-refractivity contribution is 0.0712. The van der Waals surface area contributed by atoms with Gasteiger partial charge in [0.25, 0.3) is 0 Å². The first-order valence-electron chi connectivity index (χ1n) is 13.9. The number of halogens is 1. The number of piperazine rings is 1. The van der Waals surface area contributed by atoms with Gasteiger partial charge in [-0.25, -0.2) is 0 Å². The number of piperidine rings is 1. The third-order valence-corrected chi connectivity index (χ3v) is 9.02. The summed E-state index contributed by atoms with van der Waals surface area (Å²) in [5.41, 5.74) is 5.29. The highest BCUT2D eigenvalue weighted by Gasteiger charge is 2.36. The van der Waals surface area contributed by atoms with Gasteiger partial charge >= 0.3 is 0 Å². The van der Waals surface area contributed by atoms with Gasteiger partial charge in [0, 0.05) is 63.1 Å². The fourth-order valence-corrected chi connectivity index (χ4v) is 6.68. The van der Waals surface area contributed by atoms with E-state index in [4.69, 9.17) is 21.1 Å². The first-order chi connectivity index (χ1) is 17.9. The highest BCUT2D eigenvalue weighted by molar-refractivity contribution is 6.32. The third-order valence-electron chi connectivity index (χ3n) is 8.71. The minimum Gasteiger partial charge on any atom is -0.495 e. The summed E-state index contributed by atoms with van der Waals surface area (Å²) in [6.07, 6.45) is 5.44. The Labute approximate surface area is 227 Å². The number of hydrogen-bond donors (Lipinski definition) is 1. The van der Waals surface area contributed by atoms with Crippen molar-refractivity contribution in [2.45, 2.75) is 64.1 Å². The Morgan fingerprint density at radius 2 is 1.84 bits per heavy atom. The fraction of sp³-hybridized carbons (Fsp3) is 0.600. The summed E-state index contributed by atoms with van der Waals surface area (Å²) in [6, 6.07) is 11.7. The maximum Gasteiger partial charge on any atom is 0.139 e. The molecule has 0 radical (unpaired) electrons. The molecule has 7 heteroatoms. The van der Waals surface area contributed by atoms with Crippen molar-refractivity contribution >= 4 is 17.3 Å². The van der Waals surface area contributed by atoms with Gasteiger partial charge in [0.2, 0.25) is 0 Å². The van der Waals surface area contributed by atoms with Gasteiger partial charge in [-0.1, -0.05) is 17.7 Å². The van der Waals surface area contributed by atoms with Gasteiger partial charge in [0.15, 0.2) is 0 Å². The molecule has 3 aliphatic heterocycles. The van der Waals surface area contributed by atoms with Crippen LogP contribution in [0.25, 0.3) is 0 Å². The number of β-amino-alcohol motifs (C(OH)–C–C–N with tert-alkyl or cyclic N) is 1. The molecule has 0 aliphatic carbocycles. The molecule has 3 fully saturated rings. The largest absolute Gasteiger partial charge is 0.495 e. The smallest absolute Gasteiger partial charge is 0.139 e. The van der Waals surface area contributed by atoms with Crippen molar-refractivity contribution in [3.8, 4) is 11.5 Å². The first-order valence-corrected chi connectivity index (χ1v) is 14.3. The molecule has 37 heavy (non-hydrogen) atoms. The van der Waals surface area contributed by atoms with E-state index in [0.717, 1.165) is 70.2 Å². The van der Waals surface area contributed by atoms with Gasteiger partial charge in [0.05, 0.1) is 24.8 Å². The van der Waals surface area contributed by atoms with E-state index in [2.05, 4.69) is 52.8 Å². The van der Waals surface area contributed by atoms with Gasteiger partial charge in [-0.2, -0.15) is 0 Å². The molecule has 0 saturated carbocycles. The molecule has 2 aromatic rings. The van der Waals surface area contributed by atoms with Crippen LogP contribution in [-0.2, 0) is 0 Å². The predicted octanol–water partition coefficient (Wildman–Crippen LogP) is 5.22. The Balaban J connectivity index is 1.21. The number of hydrogen-bond acceptors (Lipinski definition) is 6. The molecule has 0 unspecified atom stereocenters. The van der Waals surface area contributed by atoms with Gasteiger partial charge in [0.1, 0.15) is 11.5 Å². The van der Waals surface area contributed by atoms with E-state index >= 15 is 0 Å². The Kier molecular flexibility index (Phi) is 8.50. The molecule has 3 atom stereocenters. The zero-order valence-electron chi connectivity index (χ0n) is 22.6. The second-order valence-corrected chi connectivity index (χ2v) is 11.4. The molecule has 0 bridgehead atoms. The Morgan fingerprint density at radius 1 is 0.973 bits per heavy atom.